The van der Waals surface area contributed by atoms with Crippen molar-refractivity contribution < 1.29 is 24.2 Å². The van der Waals surface area contributed by atoms with Crippen molar-refractivity contribution in [3.8, 4) is 5.75 Å². The molecular weight excluding hydrogens is 302 g/mol. The number of carbonyl (C=O) groups is 2. The average Bonchev–Trinajstić information content (AvgIpc) is 2.81. The molecule has 0 fully saturated rings. The van der Waals surface area contributed by atoms with Crippen LogP contribution in [0.3, 0.4) is 0 Å². The second-order valence-corrected chi connectivity index (χ2v) is 5.64. The Morgan fingerprint density at radius 2 is 2.17 bits per heavy atom. The van der Waals surface area contributed by atoms with E-state index in [1.807, 2.05) is 13.8 Å². The molecule has 0 aromatic carbocycles. The van der Waals surface area contributed by atoms with E-state index in [0.29, 0.717) is 0 Å². The van der Waals surface area contributed by atoms with E-state index in [9.17, 15) is 14.7 Å². The van der Waals surface area contributed by atoms with Gasteiger partial charge in [-0.25, -0.2) is 14.8 Å². The number of rotatable bonds is 6. The fourth-order valence-electron chi connectivity index (χ4n) is 2.05. The molecule has 2 N–H and O–H groups in total. The summed E-state index contributed by atoms with van der Waals surface area (Å²) in [6, 6.07) is 1.32. The number of hydrogen-bond acceptors (Lipinski definition) is 6. The first kappa shape index (κ1) is 16.9. The van der Waals surface area contributed by atoms with Gasteiger partial charge in [0.25, 0.3) is 5.91 Å². The van der Waals surface area contributed by atoms with Crippen molar-refractivity contribution in [3.05, 3.63) is 23.5 Å². The highest BCUT2D eigenvalue weighted by molar-refractivity contribution is 6.17. The van der Waals surface area contributed by atoms with Gasteiger partial charge in [-0.15, -0.1) is 0 Å². The predicted molar refractivity (Wildman–Crippen MR) is 81.6 cm³/mol. The smallest absolute Gasteiger partial charge is 0.338 e. The monoisotopic (exact) mass is 321 g/mol. The number of methoxy groups -OCH3 is 1. The molecule has 2 rings (SSSR count). The van der Waals surface area contributed by atoms with Crippen molar-refractivity contribution in [1.29, 1.82) is 0 Å². The Balaban J connectivity index is 2.44. The lowest BCUT2D eigenvalue weighted by atomic mass is 9.89. The molecule has 0 spiro atoms. The Morgan fingerprint density at radius 3 is 2.70 bits per heavy atom. The number of pyridine rings is 1. The van der Waals surface area contributed by atoms with E-state index in [0.717, 1.165) is 0 Å². The van der Waals surface area contributed by atoms with E-state index in [1.54, 1.807) is 6.92 Å². The van der Waals surface area contributed by atoms with E-state index in [4.69, 9.17) is 9.47 Å². The average molecular weight is 321 g/mol. The molecule has 2 heterocycles. The first-order chi connectivity index (χ1) is 10.8. The van der Waals surface area contributed by atoms with Gasteiger partial charge in [0.15, 0.2) is 12.6 Å². The minimum absolute atomic E-state index is 0.0246. The van der Waals surface area contributed by atoms with Crippen molar-refractivity contribution in [2.24, 2.45) is 10.9 Å². The molecule has 124 valence electrons. The van der Waals surface area contributed by atoms with Gasteiger partial charge in [0.2, 0.25) is 0 Å². The molecule has 0 radical (unpaired) electrons. The summed E-state index contributed by atoms with van der Waals surface area (Å²) >= 11 is 0. The van der Waals surface area contributed by atoms with E-state index >= 15 is 0 Å². The molecular formula is C15H19N3O5. The standard InChI is InChI=1S/C15H19N3O5/c1-8(2)15(3)14(21)17-12(18-15)11-10(13(19)20)5-9(6-16-11)23-7-22-4/h5-6,8H,7H2,1-4H3,(H,19,20)(H,17,18,21). The van der Waals surface area contributed by atoms with Gasteiger partial charge in [-0.1, -0.05) is 13.8 Å². The third kappa shape index (κ3) is 3.16. The maximum atomic E-state index is 12.2. The van der Waals surface area contributed by atoms with Crippen LogP contribution in [0.15, 0.2) is 17.3 Å². The summed E-state index contributed by atoms with van der Waals surface area (Å²) in [5.41, 5.74) is -0.955. The molecule has 1 aliphatic rings. The Kier molecular flexibility index (Phi) is 4.65. The number of aliphatic imine (C=N–C) groups is 1. The van der Waals surface area contributed by atoms with Crippen LogP contribution < -0.4 is 10.1 Å². The lowest BCUT2D eigenvalue weighted by Gasteiger charge is -2.21. The van der Waals surface area contributed by atoms with E-state index < -0.39 is 11.5 Å². The Bertz CT molecular complexity index is 671. The largest absolute Gasteiger partial charge is 0.478 e. The van der Waals surface area contributed by atoms with Crippen LogP contribution in [0.2, 0.25) is 0 Å². The van der Waals surface area contributed by atoms with Gasteiger partial charge >= 0.3 is 5.97 Å². The van der Waals surface area contributed by atoms with Crippen molar-refractivity contribution in [2.75, 3.05) is 13.9 Å². The highest BCUT2D eigenvalue weighted by Crippen LogP contribution is 2.27. The first-order valence-electron chi connectivity index (χ1n) is 7.06. The lowest BCUT2D eigenvalue weighted by Crippen LogP contribution is -2.41. The second-order valence-electron chi connectivity index (χ2n) is 5.64. The fraction of sp³-hybridized carbons (Fsp3) is 0.467. The summed E-state index contributed by atoms with van der Waals surface area (Å²) < 4.78 is 9.95. The van der Waals surface area contributed by atoms with Crippen LogP contribution in [0, 0.1) is 5.92 Å². The van der Waals surface area contributed by atoms with Crippen LogP contribution >= 0.6 is 0 Å². The Morgan fingerprint density at radius 1 is 1.48 bits per heavy atom. The summed E-state index contributed by atoms with van der Waals surface area (Å²) in [6.45, 7) is 5.43. The molecule has 1 aliphatic heterocycles. The van der Waals surface area contributed by atoms with Gasteiger partial charge in [0.1, 0.15) is 17.0 Å². The quantitative estimate of drug-likeness (QED) is 0.758. The van der Waals surface area contributed by atoms with E-state index in [2.05, 4.69) is 15.3 Å². The summed E-state index contributed by atoms with van der Waals surface area (Å²) in [4.78, 5) is 32.1. The van der Waals surface area contributed by atoms with Gasteiger partial charge < -0.3 is 19.9 Å². The molecule has 1 aromatic rings. The molecule has 0 aliphatic carbocycles. The number of carboxylic acid groups (broad SMARTS) is 1. The summed E-state index contributed by atoms with van der Waals surface area (Å²) in [5.74, 6) is -1.10. The van der Waals surface area contributed by atoms with Crippen molar-refractivity contribution >= 4 is 17.7 Å². The third-order valence-electron chi connectivity index (χ3n) is 3.82. The highest BCUT2D eigenvalue weighted by atomic mass is 16.7. The predicted octanol–water partition coefficient (Wildman–Crippen LogP) is 1.05. The minimum atomic E-state index is -1.19. The van der Waals surface area contributed by atoms with Crippen molar-refractivity contribution in [2.45, 2.75) is 26.3 Å². The van der Waals surface area contributed by atoms with Crippen molar-refractivity contribution in [3.63, 3.8) is 0 Å². The number of carboxylic acids is 1. The minimum Gasteiger partial charge on any atom is -0.478 e. The van der Waals surface area contributed by atoms with Crippen LogP contribution in [0.5, 0.6) is 5.75 Å². The molecule has 0 saturated carbocycles. The molecule has 1 atom stereocenters. The summed E-state index contributed by atoms with van der Waals surface area (Å²) in [5, 5.41) is 12.0. The second kappa shape index (κ2) is 6.33. The lowest BCUT2D eigenvalue weighted by molar-refractivity contribution is -0.124. The zero-order valence-electron chi connectivity index (χ0n) is 13.4. The van der Waals surface area contributed by atoms with Crippen molar-refractivity contribution in [1.82, 2.24) is 10.3 Å². The molecule has 8 heteroatoms. The normalized spacial score (nSPS) is 20.4. The first-order valence-corrected chi connectivity index (χ1v) is 7.06. The molecule has 8 nitrogen and oxygen atoms in total. The Labute approximate surface area is 133 Å². The van der Waals surface area contributed by atoms with Gasteiger partial charge in [-0.2, -0.15) is 0 Å². The Hall–Kier alpha value is -2.48. The van der Waals surface area contributed by atoms with Gasteiger partial charge in [-0.05, 0) is 18.9 Å². The van der Waals surface area contributed by atoms with Gasteiger partial charge in [0, 0.05) is 7.11 Å². The topological polar surface area (TPSA) is 110 Å². The van der Waals surface area contributed by atoms with Crippen LogP contribution in [0.4, 0.5) is 0 Å². The number of hydrogen-bond donors (Lipinski definition) is 2. The highest BCUT2D eigenvalue weighted by Gasteiger charge is 2.43. The number of nitrogens with zero attached hydrogens (tertiary/aromatic N) is 2. The number of amides is 1. The molecule has 1 aromatic heterocycles. The summed E-state index contributed by atoms with van der Waals surface area (Å²) in [6.07, 6.45) is 1.36. The maximum absolute atomic E-state index is 12.2. The number of aromatic carboxylic acids is 1. The molecule has 0 saturated heterocycles. The molecule has 1 unspecified atom stereocenters. The number of nitrogens with one attached hydrogen (secondary N) is 1. The summed E-state index contributed by atoms with van der Waals surface area (Å²) in [7, 11) is 1.45. The zero-order chi connectivity index (χ0) is 17.2. The maximum Gasteiger partial charge on any atom is 0.338 e. The van der Waals surface area contributed by atoms with Gasteiger partial charge in [-0.3, -0.25) is 4.79 Å². The fourth-order valence-corrected chi connectivity index (χ4v) is 2.05. The van der Waals surface area contributed by atoms with Crippen LogP contribution in [-0.2, 0) is 9.53 Å². The van der Waals surface area contributed by atoms with E-state index in [1.165, 1.54) is 19.4 Å². The molecule has 23 heavy (non-hydrogen) atoms. The van der Waals surface area contributed by atoms with Gasteiger partial charge in [0.05, 0.1) is 11.8 Å². The van der Waals surface area contributed by atoms with Crippen LogP contribution in [0.25, 0.3) is 0 Å². The third-order valence-corrected chi connectivity index (χ3v) is 3.82. The molecule has 1 amide bonds. The number of aromatic nitrogens is 1. The number of carbonyl (C=O) groups excluding carboxylic acids is 1. The molecule has 0 bridgehead atoms. The number of ether oxygens (including phenoxy) is 2. The number of amidine groups is 1. The zero-order valence-corrected chi connectivity index (χ0v) is 13.4. The van der Waals surface area contributed by atoms with E-state index in [-0.39, 0.29) is 41.5 Å². The van der Waals surface area contributed by atoms with Crippen LogP contribution in [-0.4, -0.2) is 47.2 Å². The SMILES string of the molecule is COCOc1cnc(C2=NC(C)(C(C)C)C(=O)N2)c(C(=O)O)c1. The van der Waals surface area contributed by atoms with Crippen LogP contribution in [0.1, 0.15) is 36.8 Å².